The van der Waals surface area contributed by atoms with Gasteiger partial charge in [-0.3, -0.25) is 0 Å². The second-order valence-corrected chi connectivity index (χ2v) is 5.21. The highest BCUT2D eigenvalue weighted by atomic mass is 35.5. The maximum absolute atomic E-state index is 6.00. The van der Waals surface area contributed by atoms with Crippen molar-refractivity contribution in [2.75, 3.05) is 5.32 Å². The summed E-state index contributed by atoms with van der Waals surface area (Å²) in [6.07, 6.45) is 1.64. The largest absolute Gasteiger partial charge is 0.455 e. The van der Waals surface area contributed by atoms with Crippen LogP contribution in [0.1, 0.15) is 5.82 Å². The SMILES string of the molecule is Cn1c(Cl)cnc1CNc1ccccc1Oc1ccccc1. The van der Waals surface area contributed by atoms with E-state index < -0.39 is 0 Å². The third kappa shape index (κ3) is 3.23. The number of anilines is 1. The van der Waals surface area contributed by atoms with Crippen LogP contribution in [-0.2, 0) is 13.6 Å². The summed E-state index contributed by atoms with van der Waals surface area (Å²) < 4.78 is 7.76. The number of nitrogens with zero attached hydrogens (tertiary/aromatic N) is 2. The number of halogens is 1. The molecule has 4 nitrogen and oxygen atoms in total. The summed E-state index contributed by atoms with van der Waals surface area (Å²) in [5, 5.41) is 3.95. The number of hydrogen-bond acceptors (Lipinski definition) is 3. The normalized spacial score (nSPS) is 10.5. The molecule has 3 rings (SSSR count). The topological polar surface area (TPSA) is 39.1 Å². The Kier molecular flexibility index (Phi) is 4.30. The van der Waals surface area contributed by atoms with Crippen molar-refractivity contribution in [1.29, 1.82) is 0 Å². The van der Waals surface area contributed by atoms with Crippen LogP contribution in [0.5, 0.6) is 11.5 Å². The Morgan fingerprint density at radius 3 is 2.55 bits per heavy atom. The average Bonchev–Trinajstić information content (AvgIpc) is 2.87. The molecule has 0 saturated carbocycles. The summed E-state index contributed by atoms with van der Waals surface area (Å²) in [7, 11) is 1.89. The Hall–Kier alpha value is -2.46. The molecule has 1 N–H and O–H groups in total. The lowest BCUT2D eigenvalue weighted by Gasteiger charge is -2.13. The summed E-state index contributed by atoms with van der Waals surface area (Å²) in [6.45, 7) is 0.568. The van der Waals surface area contributed by atoms with E-state index in [-0.39, 0.29) is 0 Å². The predicted octanol–water partition coefficient (Wildman–Crippen LogP) is 4.48. The zero-order valence-corrected chi connectivity index (χ0v) is 12.9. The monoisotopic (exact) mass is 313 g/mol. The first kappa shape index (κ1) is 14.5. The fourth-order valence-corrected chi connectivity index (χ4v) is 2.23. The molecule has 0 fully saturated rings. The van der Waals surface area contributed by atoms with Crippen LogP contribution in [0.3, 0.4) is 0 Å². The Bertz CT molecular complexity index is 756. The number of imidazole rings is 1. The molecule has 22 heavy (non-hydrogen) atoms. The van der Waals surface area contributed by atoms with Crippen molar-refractivity contribution < 1.29 is 4.74 Å². The maximum Gasteiger partial charge on any atom is 0.150 e. The number of para-hydroxylation sites is 3. The smallest absolute Gasteiger partial charge is 0.150 e. The summed E-state index contributed by atoms with van der Waals surface area (Å²) >= 11 is 6.00. The van der Waals surface area contributed by atoms with Crippen molar-refractivity contribution >= 4 is 17.3 Å². The van der Waals surface area contributed by atoms with Crippen LogP contribution in [0.25, 0.3) is 0 Å². The summed E-state index contributed by atoms with van der Waals surface area (Å²) in [6, 6.07) is 17.5. The molecule has 1 heterocycles. The molecule has 5 heteroatoms. The highest BCUT2D eigenvalue weighted by Crippen LogP contribution is 2.29. The van der Waals surface area contributed by atoms with Gasteiger partial charge in [-0.1, -0.05) is 41.9 Å². The lowest BCUT2D eigenvalue weighted by atomic mass is 10.3. The minimum Gasteiger partial charge on any atom is -0.455 e. The Morgan fingerprint density at radius 1 is 1.09 bits per heavy atom. The molecular formula is C17H16ClN3O. The molecule has 0 aliphatic heterocycles. The second-order valence-electron chi connectivity index (χ2n) is 4.82. The van der Waals surface area contributed by atoms with Gasteiger partial charge in [0.15, 0.2) is 5.75 Å². The zero-order valence-electron chi connectivity index (χ0n) is 12.2. The van der Waals surface area contributed by atoms with Crippen LogP contribution in [0.2, 0.25) is 5.15 Å². The summed E-state index contributed by atoms with van der Waals surface area (Å²) in [5.41, 5.74) is 0.908. The van der Waals surface area contributed by atoms with Gasteiger partial charge in [-0.2, -0.15) is 0 Å². The molecule has 0 unspecified atom stereocenters. The molecule has 0 amide bonds. The highest BCUT2D eigenvalue weighted by molar-refractivity contribution is 6.29. The van der Waals surface area contributed by atoms with Gasteiger partial charge >= 0.3 is 0 Å². The first-order valence-corrected chi connectivity index (χ1v) is 7.34. The second kappa shape index (κ2) is 6.54. The first-order chi connectivity index (χ1) is 10.7. The third-order valence-electron chi connectivity index (χ3n) is 3.32. The Morgan fingerprint density at radius 2 is 1.82 bits per heavy atom. The van der Waals surface area contributed by atoms with Gasteiger partial charge in [0.1, 0.15) is 16.7 Å². The molecule has 0 spiro atoms. The number of hydrogen-bond donors (Lipinski definition) is 1. The molecule has 0 saturated heterocycles. The van der Waals surface area contributed by atoms with E-state index in [2.05, 4.69) is 10.3 Å². The van der Waals surface area contributed by atoms with Gasteiger partial charge in [0.25, 0.3) is 0 Å². The van der Waals surface area contributed by atoms with Crippen molar-refractivity contribution in [1.82, 2.24) is 9.55 Å². The number of benzene rings is 2. The van der Waals surface area contributed by atoms with E-state index in [0.717, 1.165) is 23.0 Å². The van der Waals surface area contributed by atoms with Crippen molar-refractivity contribution in [2.45, 2.75) is 6.54 Å². The first-order valence-electron chi connectivity index (χ1n) is 6.96. The molecule has 1 aromatic heterocycles. The fourth-order valence-electron chi connectivity index (χ4n) is 2.08. The van der Waals surface area contributed by atoms with Crippen LogP contribution in [-0.4, -0.2) is 9.55 Å². The molecule has 112 valence electrons. The number of aromatic nitrogens is 2. The maximum atomic E-state index is 6.00. The van der Waals surface area contributed by atoms with Gasteiger partial charge in [0.2, 0.25) is 0 Å². The number of ether oxygens (including phenoxy) is 1. The van der Waals surface area contributed by atoms with Gasteiger partial charge in [-0.05, 0) is 24.3 Å². The zero-order chi connectivity index (χ0) is 15.4. The van der Waals surface area contributed by atoms with E-state index in [9.17, 15) is 0 Å². The van der Waals surface area contributed by atoms with Gasteiger partial charge in [0.05, 0.1) is 18.4 Å². The van der Waals surface area contributed by atoms with Crippen molar-refractivity contribution in [3.05, 3.63) is 71.8 Å². The number of rotatable bonds is 5. The fraction of sp³-hybridized carbons (Fsp3) is 0.118. The lowest BCUT2D eigenvalue weighted by molar-refractivity contribution is 0.484. The van der Waals surface area contributed by atoms with Crippen LogP contribution < -0.4 is 10.1 Å². The minimum atomic E-state index is 0.568. The Balaban J connectivity index is 1.75. The highest BCUT2D eigenvalue weighted by Gasteiger charge is 2.07. The molecule has 0 bridgehead atoms. The van der Waals surface area contributed by atoms with E-state index >= 15 is 0 Å². The number of nitrogens with one attached hydrogen (secondary N) is 1. The third-order valence-corrected chi connectivity index (χ3v) is 3.67. The molecule has 0 radical (unpaired) electrons. The Labute approximate surface area is 134 Å². The molecular weight excluding hydrogens is 298 g/mol. The van der Waals surface area contributed by atoms with Crippen molar-refractivity contribution in [2.24, 2.45) is 7.05 Å². The lowest BCUT2D eigenvalue weighted by Crippen LogP contribution is -2.06. The van der Waals surface area contributed by atoms with Gasteiger partial charge in [-0.25, -0.2) is 4.98 Å². The van der Waals surface area contributed by atoms with Crippen molar-refractivity contribution in [3.63, 3.8) is 0 Å². The van der Waals surface area contributed by atoms with Gasteiger partial charge in [-0.15, -0.1) is 0 Å². The van der Waals surface area contributed by atoms with Crippen LogP contribution in [0.15, 0.2) is 60.8 Å². The summed E-state index contributed by atoms with van der Waals surface area (Å²) in [5.74, 6) is 2.44. The van der Waals surface area contributed by atoms with Crippen LogP contribution >= 0.6 is 11.6 Å². The predicted molar refractivity (Wildman–Crippen MR) is 88.5 cm³/mol. The molecule has 2 aromatic carbocycles. The van der Waals surface area contributed by atoms with Crippen molar-refractivity contribution in [3.8, 4) is 11.5 Å². The minimum absolute atomic E-state index is 0.568. The quantitative estimate of drug-likeness (QED) is 0.755. The van der Waals surface area contributed by atoms with Crippen LogP contribution in [0.4, 0.5) is 5.69 Å². The molecule has 0 aliphatic carbocycles. The summed E-state index contributed by atoms with van der Waals surface area (Å²) in [4.78, 5) is 4.27. The van der Waals surface area contributed by atoms with Gasteiger partial charge in [0, 0.05) is 7.05 Å². The molecule has 3 aromatic rings. The molecule has 0 atom stereocenters. The van der Waals surface area contributed by atoms with E-state index in [1.165, 1.54) is 0 Å². The van der Waals surface area contributed by atoms with E-state index in [0.29, 0.717) is 11.7 Å². The standard InChI is InChI=1S/C17H16ClN3O/c1-21-16(18)11-20-17(21)12-19-14-9-5-6-10-15(14)22-13-7-3-2-4-8-13/h2-11,19H,12H2,1H3. The van der Waals surface area contributed by atoms with Gasteiger partial charge < -0.3 is 14.6 Å². The van der Waals surface area contributed by atoms with Crippen LogP contribution in [0, 0.1) is 0 Å². The van der Waals surface area contributed by atoms with E-state index in [1.54, 1.807) is 6.20 Å². The van der Waals surface area contributed by atoms with E-state index in [1.807, 2.05) is 66.2 Å². The van der Waals surface area contributed by atoms with E-state index in [4.69, 9.17) is 16.3 Å². The average molecular weight is 314 g/mol. The molecule has 0 aliphatic rings.